The monoisotopic (exact) mass is 313 g/mol. The van der Waals surface area contributed by atoms with Gasteiger partial charge in [-0.3, -0.25) is 15.5 Å². The molecule has 0 aliphatic carbocycles. The Morgan fingerprint density at radius 3 is 2.78 bits per heavy atom. The molecule has 0 saturated heterocycles. The number of nitro groups is 1. The van der Waals surface area contributed by atoms with E-state index >= 15 is 0 Å². The van der Waals surface area contributed by atoms with Gasteiger partial charge in [0.25, 0.3) is 5.69 Å². The van der Waals surface area contributed by atoms with E-state index in [4.69, 9.17) is 0 Å². The van der Waals surface area contributed by atoms with Gasteiger partial charge in [0.1, 0.15) is 12.0 Å². The molecule has 0 unspecified atom stereocenters. The third-order valence-corrected chi connectivity index (χ3v) is 4.51. The fraction of sp³-hybridized carbons (Fsp3) is 0.357. The van der Waals surface area contributed by atoms with Gasteiger partial charge in [0.15, 0.2) is 0 Å². The minimum atomic E-state index is -0.473. The van der Waals surface area contributed by atoms with E-state index in [1.165, 1.54) is 18.5 Å². The van der Waals surface area contributed by atoms with Gasteiger partial charge in [0, 0.05) is 17.8 Å². The molecule has 3 heterocycles. The van der Waals surface area contributed by atoms with Gasteiger partial charge in [-0.25, -0.2) is 4.68 Å². The first-order valence-corrected chi connectivity index (χ1v) is 7.23. The number of hydrogen-bond donors (Lipinski definition) is 2. The Hall–Kier alpha value is -2.97. The van der Waals surface area contributed by atoms with Crippen molar-refractivity contribution in [3.8, 4) is 0 Å². The zero-order valence-electron chi connectivity index (χ0n) is 12.6. The number of aromatic nitrogens is 3. The van der Waals surface area contributed by atoms with Crippen molar-refractivity contribution in [1.29, 1.82) is 0 Å². The third kappa shape index (κ3) is 1.89. The molecule has 1 aromatic heterocycles. The highest BCUT2D eigenvalue weighted by Gasteiger charge is 2.51. The average molecular weight is 313 g/mol. The number of non-ortho nitro benzene ring substituents is 1. The molecule has 0 bridgehead atoms. The number of benzene rings is 1. The smallest absolute Gasteiger partial charge is 0.269 e. The minimum Gasteiger partial charge on any atom is -0.330 e. The molecule has 9 heteroatoms. The quantitative estimate of drug-likeness (QED) is 0.642. The predicted octanol–water partition coefficient (Wildman–Crippen LogP) is 1.51. The minimum absolute atomic E-state index is 0.0122. The summed E-state index contributed by atoms with van der Waals surface area (Å²) in [5.41, 5.74) is 4.61. The standard InChI is InChI=1S/C14H15N7O2/c1-8-11-12(9-3-5-10(6-4-9)21(22)23)20-13(15-7-16-20)17-14(11,2)19-18-8/h3-7,11-12,19H,1-2H3,(H,15,16,17)/t11-,12+,14-/m1/s1. The number of anilines is 1. The Balaban J connectivity index is 1.84. The van der Waals surface area contributed by atoms with Crippen LogP contribution in [0.4, 0.5) is 11.6 Å². The fourth-order valence-corrected chi connectivity index (χ4v) is 3.45. The molecule has 2 N–H and O–H groups in total. The van der Waals surface area contributed by atoms with Crippen LogP contribution < -0.4 is 10.7 Å². The molecule has 0 radical (unpaired) electrons. The molecule has 0 spiro atoms. The Morgan fingerprint density at radius 2 is 2.09 bits per heavy atom. The average Bonchev–Trinajstić information content (AvgIpc) is 3.09. The first-order chi connectivity index (χ1) is 11.0. The van der Waals surface area contributed by atoms with Crippen molar-refractivity contribution in [3.63, 3.8) is 0 Å². The second-order valence-corrected chi connectivity index (χ2v) is 5.99. The first kappa shape index (κ1) is 13.7. The maximum absolute atomic E-state index is 10.9. The Morgan fingerprint density at radius 1 is 1.35 bits per heavy atom. The van der Waals surface area contributed by atoms with Gasteiger partial charge in [0.2, 0.25) is 5.95 Å². The molecule has 2 aliphatic heterocycles. The number of nitrogens with zero attached hydrogens (tertiary/aromatic N) is 5. The molecule has 9 nitrogen and oxygen atoms in total. The van der Waals surface area contributed by atoms with E-state index in [0.29, 0.717) is 5.95 Å². The summed E-state index contributed by atoms with van der Waals surface area (Å²) in [5.74, 6) is 0.655. The molecule has 4 rings (SSSR count). The van der Waals surface area contributed by atoms with E-state index < -0.39 is 10.6 Å². The van der Waals surface area contributed by atoms with Gasteiger partial charge in [-0.2, -0.15) is 15.2 Å². The van der Waals surface area contributed by atoms with Crippen LogP contribution in [0.3, 0.4) is 0 Å². The van der Waals surface area contributed by atoms with Crippen LogP contribution in [0.25, 0.3) is 0 Å². The Bertz CT molecular complexity index is 813. The second kappa shape index (κ2) is 4.51. The van der Waals surface area contributed by atoms with Crippen LogP contribution >= 0.6 is 0 Å². The van der Waals surface area contributed by atoms with E-state index in [1.54, 1.807) is 16.8 Å². The maximum Gasteiger partial charge on any atom is 0.269 e. The Kier molecular flexibility index (Phi) is 2.68. The van der Waals surface area contributed by atoms with Crippen molar-refractivity contribution < 1.29 is 4.92 Å². The van der Waals surface area contributed by atoms with Gasteiger partial charge in [-0.1, -0.05) is 12.1 Å². The SMILES string of the molecule is CC1=NN[C@@]2(C)Nc3ncnn3[C@@H](c3ccc([N+](=O)[O-])cc3)[C@@H]12. The highest BCUT2D eigenvalue weighted by atomic mass is 16.6. The van der Waals surface area contributed by atoms with Crippen LogP contribution in [0.2, 0.25) is 0 Å². The molecule has 118 valence electrons. The summed E-state index contributed by atoms with van der Waals surface area (Å²) in [4.78, 5) is 14.7. The van der Waals surface area contributed by atoms with E-state index in [-0.39, 0.29) is 17.6 Å². The lowest BCUT2D eigenvalue weighted by atomic mass is 9.80. The van der Waals surface area contributed by atoms with Crippen molar-refractivity contribution >= 4 is 17.3 Å². The van der Waals surface area contributed by atoms with Crippen LogP contribution in [-0.2, 0) is 0 Å². The molecule has 0 amide bonds. The molecule has 2 aromatic rings. The number of fused-ring (bicyclic) bond motifs is 2. The lowest BCUT2D eigenvalue weighted by Gasteiger charge is -2.42. The summed E-state index contributed by atoms with van der Waals surface area (Å²) in [6.45, 7) is 3.99. The maximum atomic E-state index is 10.9. The number of nitro benzene ring substituents is 1. The van der Waals surface area contributed by atoms with E-state index in [0.717, 1.165) is 11.3 Å². The largest absolute Gasteiger partial charge is 0.330 e. The van der Waals surface area contributed by atoms with Gasteiger partial charge < -0.3 is 5.32 Å². The normalized spacial score (nSPS) is 28.2. The number of hydrazone groups is 1. The lowest BCUT2D eigenvalue weighted by Crippen LogP contribution is -2.57. The van der Waals surface area contributed by atoms with Gasteiger partial charge in [-0.05, 0) is 19.4 Å². The summed E-state index contributed by atoms with van der Waals surface area (Å²) in [6, 6.07) is 6.43. The van der Waals surface area contributed by atoms with Crippen LogP contribution in [0.1, 0.15) is 25.5 Å². The molecular formula is C14H15N7O2. The number of rotatable bonds is 2. The van der Waals surface area contributed by atoms with Crippen LogP contribution in [0.5, 0.6) is 0 Å². The third-order valence-electron chi connectivity index (χ3n) is 4.51. The fourth-order valence-electron chi connectivity index (χ4n) is 3.45. The highest BCUT2D eigenvalue weighted by molar-refractivity contribution is 5.89. The molecule has 3 atom stereocenters. The Labute approximate surface area is 131 Å². The molecule has 23 heavy (non-hydrogen) atoms. The van der Waals surface area contributed by atoms with Crippen LogP contribution in [0, 0.1) is 16.0 Å². The molecule has 2 aliphatic rings. The van der Waals surface area contributed by atoms with Crippen molar-refractivity contribution in [2.24, 2.45) is 11.0 Å². The van der Waals surface area contributed by atoms with E-state index in [1.807, 2.05) is 13.8 Å². The lowest BCUT2D eigenvalue weighted by molar-refractivity contribution is -0.384. The summed E-state index contributed by atoms with van der Waals surface area (Å²) >= 11 is 0. The van der Waals surface area contributed by atoms with Crippen molar-refractivity contribution in [2.45, 2.75) is 25.6 Å². The van der Waals surface area contributed by atoms with Crippen LogP contribution in [-0.4, -0.2) is 31.1 Å². The van der Waals surface area contributed by atoms with Gasteiger partial charge >= 0.3 is 0 Å². The number of hydrogen-bond acceptors (Lipinski definition) is 7. The van der Waals surface area contributed by atoms with Gasteiger partial charge in [0.05, 0.1) is 16.9 Å². The molecular weight excluding hydrogens is 298 g/mol. The summed E-state index contributed by atoms with van der Waals surface area (Å²) in [7, 11) is 0. The summed E-state index contributed by atoms with van der Waals surface area (Å²) in [6.07, 6.45) is 1.50. The van der Waals surface area contributed by atoms with Crippen molar-refractivity contribution in [2.75, 3.05) is 5.32 Å². The van der Waals surface area contributed by atoms with E-state index in [9.17, 15) is 10.1 Å². The highest BCUT2D eigenvalue weighted by Crippen LogP contribution is 2.43. The molecule has 0 fully saturated rings. The zero-order chi connectivity index (χ0) is 16.2. The van der Waals surface area contributed by atoms with Crippen molar-refractivity contribution in [1.82, 2.24) is 20.2 Å². The summed E-state index contributed by atoms with van der Waals surface area (Å²) < 4.78 is 1.81. The predicted molar refractivity (Wildman–Crippen MR) is 83.0 cm³/mol. The van der Waals surface area contributed by atoms with E-state index in [2.05, 4.69) is 25.9 Å². The zero-order valence-corrected chi connectivity index (χ0v) is 12.6. The second-order valence-electron chi connectivity index (χ2n) is 5.99. The topological polar surface area (TPSA) is 110 Å². The summed E-state index contributed by atoms with van der Waals surface area (Å²) in [5, 5.41) is 22.9. The first-order valence-electron chi connectivity index (χ1n) is 7.23. The molecule has 0 saturated carbocycles. The number of nitrogens with one attached hydrogen (secondary N) is 2. The van der Waals surface area contributed by atoms with Crippen molar-refractivity contribution in [3.05, 3.63) is 46.3 Å². The van der Waals surface area contributed by atoms with Crippen LogP contribution in [0.15, 0.2) is 35.7 Å². The molecule has 1 aromatic carbocycles. The van der Waals surface area contributed by atoms with Gasteiger partial charge in [-0.15, -0.1) is 0 Å².